The molecule has 0 fully saturated rings. The molecule has 0 saturated carbocycles. The van der Waals surface area contributed by atoms with Gasteiger partial charge in [-0.25, -0.2) is 0 Å². The number of aryl methyl sites for hydroxylation is 2. The summed E-state index contributed by atoms with van der Waals surface area (Å²) in [4.78, 5) is 24.8. The van der Waals surface area contributed by atoms with Crippen molar-refractivity contribution in [2.45, 2.75) is 13.8 Å². The van der Waals surface area contributed by atoms with E-state index >= 15 is 0 Å². The summed E-state index contributed by atoms with van der Waals surface area (Å²) >= 11 is 0. The molecule has 1 amide bonds. The topological polar surface area (TPSA) is 79.2 Å². The Labute approximate surface area is 140 Å². The summed E-state index contributed by atoms with van der Waals surface area (Å²) < 4.78 is 5.18. The number of hydrogen-bond acceptors (Lipinski definition) is 4. The fourth-order valence-electron chi connectivity index (χ4n) is 2.31. The Hall–Kier alpha value is -3.13. The number of ketones is 1. The van der Waals surface area contributed by atoms with Gasteiger partial charge in [0.25, 0.3) is 0 Å². The van der Waals surface area contributed by atoms with Gasteiger partial charge in [0.2, 0.25) is 5.91 Å². The Bertz CT molecular complexity index is 822. The molecule has 24 heavy (non-hydrogen) atoms. The number of carbonyl (C=O) groups excluding carboxylic acids is 2. The highest BCUT2D eigenvalue weighted by Crippen LogP contribution is 2.21. The van der Waals surface area contributed by atoms with Crippen molar-refractivity contribution in [3.63, 3.8) is 0 Å². The quantitative estimate of drug-likeness (QED) is 0.677. The molecule has 5 heteroatoms. The van der Waals surface area contributed by atoms with E-state index in [-0.39, 0.29) is 5.56 Å². The lowest BCUT2D eigenvalue weighted by atomic mass is 9.96. The van der Waals surface area contributed by atoms with E-state index in [1.165, 1.54) is 7.11 Å². The van der Waals surface area contributed by atoms with Crippen LogP contribution in [-0.4, -0.2) is 18.8 Å². The monoisotopic (exact) mass is 322 g/mol. The molecule has 0 heterocycles. The highest BCUT2D eigenvalue weighted by molar-refractivity contribution is 6.15. The van der Waals surface area contributed by atoms with Gasteiger partial charge >= 0.3 is 0 Å². The second-order valence-corrected chi connectivity index (χ2v) is 5.47. The highest BCUT2D eigenvalue weighted by Gasteiger charge is 2.28. The number of hydrogen-bond donors (Lipinski definition) is 1. The maximum absolute atomic E-state index is 12.5. The van der Waals surface area contributed by atoms with Gasteiger partial charge in [0.05, 0.1) is 13.2 Å². The molecule has 0 aliphatic carbocycles. The molecule has 122 valence electrons. The van der Waals surface area contributed by atoms with Crippen LogP contribution in [0.1, 0.15) is 21.5 Å². The first-order chi connectivity index (χ1) is 11.5. The van der Waals surface area contributed by atoms with Crippen molar-refractivity contribution in [1.82, 2.24) is 0 Å². The van der Waals surface area contributed by atoms with E-state index in [0.29, 0.717) is 11.4 Å². The van der Waals surface area contributed by atoms with E-state index in [0.717, 1.165) is 11.1 Å². The fourth-order valence-corrected chi connectivity index (χ4v) is 2.31. The van der Waals surface area contributed by atoms with Crippen molar-refractivity contribution < 1.29 is 14.3 Å². The van der Waals surface area contributed by atoms with Crippen LogP contribution in [0, 0.1) is 31.1 Å². The van der Waals surface area contributed by atoms with E-state index in [2.05, 4.69) is 5.32 Å². The van der Waals surface area contributed by atoms with Crippen molar-refractivity contribution in [1.29, 1.82) is 5.26 Å². The van der Waals surface area contributed by atoms with Crippen LogP contribution >= 0.6 is 0 Å². The van der Waals surface area contributed by atoms with Crippen molar-refractivity contribution >= 4 is 17.4 Å². The van der Waals surface area contributed by atoms with Gasteiger partial charge in [0.1, 0.15) is 5.75 Å². The van der Waals surface area contributed by atoms with E-state index in [1.807, 2.05) is 19.9 Å². The number of nitrogens with zero attached hydrogens (tertiary/aromatic N) is 1. The van der Waals surface area contributed by atoms with Crippen molar-refractivity contribution in [2.24, 2.45) is 5.92 Å². The zero-order valence-corrected chi connectivity index (χ0v) is 13.8. The van der Waals surface area contributed by atoms with Gasteiger partial charge in [-0.2, -0.15) is 5.26 Å². The molecule has 2 rings (SSSR count). The number of methoxy groups -OCH3 is 1. The number of nitrogens with one attached hydrogen (secondary N) is 1. The van der Waals surface area contributed by atoms with Gasteiger partial charge in [-0.1, -0.05) is 24.3 Å². The minimum atomic E-state index is -1.42. The minimum Gasteiger partial charge on any atom is -0.496 e. The lowest BCUT2D eigenvalue weighted by molar-refractivity contribution is -0.117. The summed E-state index contributed by atoms with van der Waals surface area (Å²) in [5.74, 6) is -2.08. The minimum absolute atomic E-state index is 0.267. The molecule has 0 radical (unpaired) electrons. The summed E-state index contributed by atoms with van der Waals surface area (Å²) in [5, 5.41) is 11.9. The van der Waals surface area contributed by atoms with E-state index in [1.54, 1.807) is 42.5 Å². The second-order valence-electron chi connectivity index (χ2n) is 5.47. The molecule has 2 aromatic rings. The summed E-state index contributed by atoms with van der Waals surface area (Å²) in [6, 6.07) is 13.8. The summed E-state index contributed by atoms with van der Waals surface area (Å²) in [5.41, 5.74) is 2.65. The SMILES string of the molecule is COc1cc(C(=O)[C@@H](C#N)C(=O)Nc2cccc(C)c2)ccc1C. The first-order valence-corrected chi connectivity index (χ1v) is 7.42. The lowest BCUT2D eigenvalue weighted by Crippen LogP contribution is -2.28. The largest absolute Gasteiger partial charge is 0.496 e. The van der Waals surface area contributed by atoms with Crippen molar-refractivity contribution in [3.8, 4) is 11.8 Å². The fraction of sp³-hybridized carbons (Fsp3) is 0.211. The summed E-state index contributed by atoms with van der Waals surface area (Å²) in [7, 11) is 1.50. The summed E-state index contributed by atoms with van der Waals surface area (Å²) in [6.45, 7) is 3.74. The molecule has 1 atom stereocenters. The summed E-state index contributed by atoms with van der Waals surface area (Å²) in [6.07, 6.45) is 0. The molecule has 0 unspecified atom stereocenters. The Balaban J connectivity index is 2.22. The number of carbonyl (C=O) groups is 2. The van der Waals surface area contributed by atoms with Crippen LogP contribution in [0.15, 0.2) is 42.5 Å². The molecular formula is C19H18N2O3. The normalized spacial score (nSPS) is 11.2. The van der Waals surface area contributed by atoms with Gasteiger partial charge in [-0.05, 0) is 43.2 Å². The molecule has 5 nitrogen and oxygen atoms in total. The molecule has 0 aromatic heterocycles. The van der Waals surface area contributed by atoms with E-state index in [4.69, 9.17) is 4.74 Å². The third-order valence-corrected chi connectivity index (χ3v) is 3.63. The van der Waals surface area contributed by atoms with E-state index < -0.39 is 17.6 Å². The molecule has 0 aliphatic rings. The number of anilines is 1. The zero-order chi connectivity index (χ0) is 17.7. The Morgan fingerprint density at radius 3 is 2.54 bits per heavy atom. The molecule has 0 spiro atoms. The first-order valence-electron chi connectivity index (χ1n) is 7.42. The molecular weight excluding hydrogens is 304 g/mol. The van der Waals surface area contributed by atoms with E-state index in [9.17, 15) is 14.9 Å². The van der Waals surface area contributed by atoms with Crippen LogP contribution in [0.3, 0.4) is 0 Å². The number of rotatable bonds is 5. The van der Waals surface area contributed by atoms with Crippen LogP contribution in [0.5, 0.6) is 5.75 Å². The molecule has 0 saturated heterocycles. The average Bonchev–Trinajstić information content (AvgIpc) is 2.55. The van der Waals surface area contributed by atoms with Crippen LogP contribution in [0.2, 0.25) is 0 Å². The third-order valence-electron chi connectivity index (χ3n) is 3.63. The Morgan fingerprint density at radius 2 is 1.92 bits per heavy atom. The maximum Gasteiger partial charge on any atom is 0.249 e. The van der Waals surface area contributed by atoms with Crippen LogP contribution in [0.25, 0.3) is 0 Å². The maximum atomic E-state index is 12.5. The van der Waals surface area contributed by atoms with Gasteiger partial charge in [0.15, 0.2) is 11.7 Å². The Kier molecular flexibility index (Phi) is 5.33. The predicted octanol–water partition coefficient (Wildman–Crippen LogP) is 3.27. The number of ether oxygens (including phenoxy) is 1. The van der Waals surface area contributed by atoms with Gasteiger partial charge in [-0.15, -0.1) is 0 Å². The zero-order valence-electron chi connectivity index (χ0n) is 13.8. The highest BCUT2D eigenvalue weighted by atomic mass is 16.5. The van der Waals surface area contributed by atoms with Gasteiger partial charge in [-0.3, -0.25) is 9.59 Å². The average molecular weight is 322 g/mol. The Morgan fingerprint density at radius 1 is 1.17 bits per heavy atom. The third kappa shape index (κ3) is 3.79. The first kappa shape index (κ1) is 17.2. The number of nitriles is 1. The second kappa shape index (κ2) is 7.42. The molecule has 0 aliphatic heterocycles. The number of amides is 1. The molecule has 1 N–H and O–H groups in total. The smallest absolute Gasteiger partial charge is 0.249 e. The van der Waals surface area contributed by atoms with Crippen LogP contribution in [0.4, 0.5) is 5.69 Å². The van der Waals surface area contributed by atoms with Gasteiger partial charge < -0.3 is 10.1 Å². The van der Waals surface area contributed by atoms with Crippen molar-refractivity contribution in [2.75, 3.05) is 12.4 Å². The number of benzene rings is 2. The van der Waals surface area contributed by atoms with Crippen LogP contribution in [-0.2, 0) is 4.79 Å². The predicted molar refractivity (Wildman–Crippen MR) is 91.0 cm³/mol. The van der Waals surface area contributed by atoms with Crippen molar-refractivity contribution in [3.05, 3.63) is 59.2 Å². The van der Waals surface area contributed by atoms with Crippen LogP contribution < -0.4 is 10.1 Å². The lowest BCUT2D eigenvalue weighted by Gasteiger charge is -2.11. The van der Waals surface area contributed by atoms with Gasteiger partial charge in [0, 0.05) is 11.3 Å². The standard InChI is InChI=1S/C19H18N2O3/c1-12-5-4-6-15(9-12)21-19(23)16(11-20)18(22)14-8-7-13(2)17(10-14)24-3/h4-10,16H,1-3H3,(H,21,23)/t16-/m1/s1. The molecule has 2 aromatic carbocycles. The number of Topliss-reactive ketones (excluding diaryl/α,β-unsaturated/α-hetero) is 1. The molecule has 0 bridgehead atoms.